The topological polar surface area (TPSA) is 69.2 Å². The number of hydrogen-bond acceptors (Lipinski definition) is 5. The van der Waals surface area contributed by atoms with Gasteiger partial charge < -0.3 is 14.2 Å². The molecule has 1 N–H and O–H groups in total. The Labute approximate surface area is 193 Å². The highest BCUT2D eigenvalue weighted by atomic mass is 79.9. The molecular formula is C23H20BrClN2O4. The zero-order chi connectivity index (χ0) is 22.2. The van der Waals surface area contributed by atoms with E-state index in [1.54, 1.807) is 36.4 Å². The minimum Gasteiger partial charge on any atom is -0.497 e. The van der Waals surface area contributed by atoms with Gasteiger partial charge in [-0.05, 0) is 48.0 Å². The summed E-state index contributed by atoms with van der Waals surface area (Å²) in [7, 11) is 3.03. The van der Waals surface area contributed by atoms with E-state index in [9.17, 15) is 4.79 Å². The summed E-state index contributed by atoms with van der Waals surface area (Å²) in [5.74, 6) is 1.19. The van der Waals surface area contributed by atoms with Crippen molar-refractivity contribution in [3.63, 3.8) is 0 Å². The predicted molar refractivity (Wildman–Crippen MR) is 125 cm³/mol. The molecule has 0 aliphatic rings. The Morgan fingerprint density at radius 2 is 1.71 bits per heavy atom. The van der Waals surface area contributed by atoms with Crippen LogP contribution in [0.15, 0.2) is 70.2 Å². The van der Waals surface area contributed by atoms with Crippen molar-refractivity contribution in [2.75, 3.05) is 14.2 Å². The number of carbonyl (C=O) groups excluding carboxylic acids is 1. The van der Waals surface area contributed by atoms with Crippen LogP contribution in [0, 0.1) is 0 Å². The first kappa shape index (κ1) is 22.7. The van der Waals surface area contributed by atoms with E-state index in [2.05, 4.69) is 26.5 Å². The minimum atomic E-state index is -0.409. The number of carbonyl (C=O) groups is 1. The number of rotatable bonds is 8. The van der Waals surface area contributed by atoms with Gasteiger partial charge in [-0.25, -0.2) is 5.43 Å². The molecule has 0 bridgehead atoms. The molecule has 0 radical (unpaired) electrons. The highest BCUT2D eigenvalue weighted by Crippen LogP contribution is 2.24. The predicted octanol–water partition coefficient (Wildman–Crippen LogP) is 5.46. The van der Waals surface area contributed by atoms with Crippen LogP contribution in [-0.2, 0) is 6.61 Å². The average Bonchev–Trinajstić information content (AvgIpc) is 2.79. The van der Waals surface area contributed by atoms with Crippen LogP contribution in [0.1, 0.15) is 21.5 Å². The maximum Gasteiger partial charge on any atom is 0.271 e. The molecule has 0 unspecified atom stereocenters. The third-order valence-corrected chi connectivity index (χ3v) is 5.03. The Balaban J connectivity index is 1.70. The molecule has 0 saturated carbocycles. The first-order valence-electron chi connectivity index (χ1n) is 9.22. The summed E-state index contributed by atoms with van der Waals surface area (Å²) < 4.78 is 17.3. The quantitative estimate of drug-likeness (QED) is 0.327. The second-order valence-corrected chi connectivity index (χ2v) is 7.75. The molecule has 0 heterocycles. The van der Waals surface area contributed by atoms with E-state index in [0.29, 0.717) is 40.0 Å². The van der Waals surface area contributed by atoms with Gasteiger partial charge in [0, 0.05) is 26.7 Å². The van der Waals surface area contributed by atoms with Crippen molar-refractivity contribution in [2.24, 2.45) is 5.10 Å². The van der Waals surface area contributed by atoms with E-state index in [1.165, 1.54) is 20.4 Å². The number of halogens is 2. The van der Waals surface area contributed by atoms with E-state index in [-0.39, 0.29) is 0 Å². The molecule has 0 aliphatic heterocycles. The summed E-state index contributed by atoms with van der Waals surface area (Å²) in [6, 6.07) is 17.9. The van der Waals surface area contributed by atoms with Crippen LogP contribution < -0.4 is 19.6 Å². The van der Waals surface area contributed by atoms with Crippen molar-refractivity contribution in [3.8, 4) is 17.2 Å². The Morgan fingerprint density at radius 3 is 2.35 bits per heavy atom. The lowest BCUT2D eigenvalue weighted by molar-refractivity contribution is 0.0954. The molecule has 3 aromatic rings. The van der Waals surface area contributed by atoms with Crippen molar-refractivity contribution in [1.29, 1.82) is 0 Å². The minimum absolute atomic E-state index is 0.353. The summed E-state index contributed by atoms with van der Waals surface area (Å²) in [5, 5.41) is 4.58. The van der Waals surface area contributed by atoms with Crippen LogP contribution in [0.4, 0.5) is 0 Å². The summed E-state index contributed by atoms with van der Waals surface area (Å²) in [6.45, 7) is 0.381. The molecule has 160 valence electrons. The van der Waals surface area contributed by atoms with Crippen molar-refractivity contribution in [1.82, 2.24) is 5.43 Å². The van der Waals surface area contributed by atoms with Gasteiger partial charge in [0.1, 0.15) is 23.9 Å². The van der Waals surface area contributed by atoms with Gasteiger partial charge in [0.15, 0.2) is 0 Å². The summed E-state index contributed by atoms with van der Waals surface area (Å²) in [6.07, 6.45) is 1.48. The molecule has 3 rings (SSSR count). The monoisotopic (exact) mass is 502 g/mol. The van der Waals surface area contributed by atoms with E-state index < -0.39 is 5.91 Å². The Bertz CT molecular complexity index is 1070. The second kappa shape index (κ2) is 10.8. The second-order valence-electron chi connectivity index (χ2n) is 6.40. The normalized spacial score (nSPS) is 10.7. The molecule has 0 aromatic heterocycles. The molecular weight excluding hydrogens is 484 g/mol. The van der Waals surface area contributed by atoms with Crippen molar-refractivity contribution in [2.45, 2.75) is 6.61 Å². The SMILES string of the molecule is COc1cc(OC)cc(C(=O)N/N=C\c2cc(Cl)ccc2OCc2ccc(Br)cc2)c1. The fraction of sp³-hybridized carbons (Fsp3) is 0.130. The van der Waals surface area contributed by atoms with Gasteiger partial charge in [-0.3, -0.25) is 4.79 Å². The van der Waals surface area contributed by atoms with Gasteiger partial charge in [-0.15, -0.1) is 0 Å². The standard InChI is InChI=1S/C23H20BrClN2O4/c1-29-20-10-16(11-21(12-20)30-2)23(28)27-26-13-17-9-19(25)7-8-22(17)31-14-15-3-5-18(24)6-4-15/h3-13H,14H2,1-2H3,(H,27,28)/b26-13-. The zero-order valence-corrected chi connectivity index (χ0v) is 19.2. The lowest BCUT2D eigenvalue weighted by Crippen LogP contribution is -2.17. The van der Waals surface area contributed by atoms with Crippen molar-refractivity contribution in [3.05, 3.63) is 86.8 Å². The number of benzene rings is 3. The summed E-state index contributed by atoms with van der Waals surface area (Å²) in [5.41, 5.74) is 4.49. The fourth-order valence-corrected chi connectivity index (χ4v) is 3.10. The highest BCUT2D eigenvalue weighted by Gasteiger charge is 2.10. The van der Waals surface area contributed by atoms with Gasteiger partial charge in [-0.1, -0.05) is 39.7 Å². The van der Waals surface area contributed by atoms with E-state index in [1.807, 2.05) is 24.3 Å². The Hall–Kier alpha value is -3.03. The van der Waals surface area contributed by atoms with Crippen LogP contribution in [-0.4, -0.2) is 26.3 Å². The molecule has 0 saturated heterocycles. The molecule has 1 amide bonds. The first-order valence-corrected chi connectivity index (χ1v) is 10.4. The molecule has 0 aliphatic carbocycles. The lowest BCUT2D eigenvalue weighted by atomic mass is 10.2. The maximum atomic E-state index is 12.5. The lowest BCUT2D eigenvalue weighted by Gasteiger charge is -2.10. The van der Waals surface area contributed by atoms with Gasteiger partial charge >= 0.3 is 0 Å². The third kappa shape index (κ3) is 6.47. The highest BCUT2D eigenvalue weighted by molar-refractivity contribution is 9.10. The smallest absolute Gasteiger partial charge is 0.271 e. The van der Waals surface area contributed by atoms with E-state index >= 15 is 0 Å². The number of hydrogen-bond donors (Lipinski definition) is 1. The zero-order valence-electron chi connectivity index (χ0n) is 16.9. The van der Waals surface area contributed by atoms with Gasteiger partial charge in [0.05, 0.1) is 20.4 Å². The van der Waals surface area contributed by atoms with Crippen LogP contribution in [0.5, 0.6) is 17.2 Å². The van der Waals surface area contributed by atoms with Crippen molar-refractivity contribution < 1.29 is 19.0 Å². The van der Waals surface area contributed by atoms with Gasteiger partial charge in [0.25, 0.3) is 5.91 Å². The Morgan fingerprint density at radius 1 is 1.03 bits per heavy atom. The van der Waals surface area contributed by atoms with E-state index in [0.717, 1.165) is 10.0 Å². The maximum absolute atomic E-state index is 12.5. The molecule has 0 atom stereocenters. The molecule has 6 nitrogen and oxygen atoms in total. The van der Waals surface area contributed by atoms with E-state index in [4.69, 9.17) is 25.8 Å². The van der Waals surface area contributed by atoms with Crippen molar-refractivity contribution >= 4 is 39.7 Å². The van der Waals surface area contributed by atoms with Gasteiger partial charge in [-0.2, -0.15) is 5.10 Å². The average molecular weight is 504 g/mol. The molecule has 8 heteroatoms. The molecule has 0 fully saturated rings. The van der Waals surface area contributed by atoms with Crippen LogP contribution in [0.3, 0.4) is 0 Å². The molecule has 31 heavy (non-hydrogen) atoms. The number of nitrogens with zero attached hydrogens (tertiary/aromatic N) is 1. The fourth-order valence-electron chi connectivity index (χ4n) is 2.66. The number of ether oxygens (including phenoxy) is 3. The number of methoxy groups -OCH3 is 2. The van der Waals surface area contributed by atoms with Crippen LogP contribution >= 0.6 is 27.5 Å². The summed E-state index contributed by atoms with van der Waals surface area (Å²) >= 11 is 9.53. The third-order valence-electron chi connectivity index (χ3n) is 4.26. The van der Waals surface area contributed by atoms with Gasteiger partial charge in [0.2, 0.25) is 0 Å². The number of nitrogens with one attached hydrogen (secondary N) is 1. The summed E-state index contributed by atoms with van der Waals surface area (Å²) in [4.78, 5) is 12.5. The number of amides is 1. The number of hydrazone groups is 1. The molecule has 0 spiro atoms. The molecule has 3 aromatic carbocycles. The van der Waals surface area contributed by atoms with Crippen LogP contribution in [0.2, 0.25) is 5.02 Å². The largest absolute Gasteiger partial charge is 0.497 e. The van der Waals surface area contributed by atoms with Crippen LogP contribution in [0.25, 0.3) is 0 Å². The Kier molecular flexibility index (Phi) is 7.92. The first-order chi connectivity index (χ1) is 15.0.